The van der Waals surface area contributed by atoms with Gasteiger partial charge in [0.15, 0.2) is 10.8 Å². The molecule has 0 fully saturated rings. The monoisotopic (exact) mass is 342 g/mol. The zero-order valence-corrected chi connectivity index (χ0v) is 14.2. The highest BCUT2D eigenvalue weighted by atomic mass is 32.2. The summed E-state index contributed by atoms with van der Waals surface area (Å²) < 4.78 is 1.72. The summed E-state index contributed by atoms with van der Waals surface area (Å²) in [5.74, 6) is 0.300. The molecule has 3 N–H and O–H groups in total. The van der Waals surface area contributed by atoms with Crippen molar-refractivity contribution in [2.75, 3.05) is 12.3 Å². The van der Waals surface area contributed by atoms with E-state index in [1.165, 1.54) is 11.8 Å². The number of hydrogen-bond acceptors (Lipinski definition) is 6. The highest BCUT2D eigenvalue weighted by Crippen LogP contribution is 2.26. The van der Waals surface area contributed by atoms with Crippen LogP contribution in [0.2, 0.25) is 0 Å². The third kappa shape index (κ3) is 3.18. The number of amides is 1. The summed E-state index contributed by atoms with van der Waals surface area (Å²) in [6, 6.07) is 9.68. The van der Waals surface area contributed by atoms with Crippen molar-refractivity contribution in [1.82, 2.24) is 25.1 Å². The molecule has 24 heavy (non-hydrogen) atoms. The molecular weight excluding hydrogens is 324 g/mol. The molecule has 0 radical (unpaired) electrons. The molecule has 0 saturated carbocycles. The quantitative estimate of drug-likeness (QED) is 0.544. The van der Waals surface area contributed by atoms with Crippen molar-refractivity contribution >= 4 is 34.5 Å². The fourth-order valence-corrected chi connectivity index (χ4v) is 3.05. The highest BCUT2D eigenvalue weighted by Gasteiger charge is 2.18. The smallest absolute Gasteiger partial charge is 0.233 e. The van der Waals surface area contributed by atoms with Crippen LogP contribution >= 0.6 is 11.8 Å². The lowest BCUT2D eigenvalue weighted by molar-refractivity contribution is -0.120. The molecule has 124 valence electrons. The molecular formula is C16H18N6OS. The van der Waals surface area contributed by atoms with Crippen LogP contribution in [0.1, 0.15) is 13.8 Å². The number of nitrogens with zero attached hydrogens (tertiary/aromatic N) is 4. The fourth-order valence-electron chi connectivity index (χ4n) is 2.25. The van der Waals surface area contributed by atoms with Crippen LogP contribution in [-0.2, 0) is 4.79 Å². The zero-order chi connectivity index (χ0) is 17.1. The van der Waals surface area contributed by atoms with Gasteiger partial charge in [0.05, 0.1) is 22.5 Å². The van der Waals surface area contributed by atoms with Gasteiger partial charge in [-0.15, -0.1) is 0 Å². The van der Waals surface area contributed by atoms with Gasteiger partial charge >= 0.3 is 0 Å². The first kappa shape index (κ1) is 16.3. The van der Waals surface area contributed by atoms with Gasteiger partial charge in [0, 0.05) is 6.54 Å². The lowest BCUT2D eigenvalue weighted by Gasteiger charge is -2.10. The Morgan fingerprint density at radius 1 is 1.33 bits per heavy atom. The number of thioether (sulfide) groups is 1. The van der Waals surface area contributed by atoms with Crippen LogP contribution in [0.3, 0.4) is 0 Å². The van der Waals surface area contributed by atoms with Gasteiger partial charge in [-0.3, -0.25) is 4.79 Å². The average molecular weight is 342 g/mol. The van der Waals surface area contributed by atoms with Crippen molar-refractivity contribution < 1.29 is 4.79 Å². The summed E-state index contributed by atoms with van der Waals surface area (Å²) in [7, 11) is 0. The molecule has 1 unspecified atom stereocenters. The van der Waals surface area contributed by atoms with E-state index in [4.69, 9.17) is 5.73 Å². The van der Waals surface area contributed by atoms with E-state index in [1.807, 2.05) is 44.2 Å². The molecule has 1 aromatic carbocycles. The van der Waals surface area contributed by atoms with E-state index in [2.05, 4.69) is 20.4 Å². The predicted molar refractivity (Wildman–Crippen MR) is 95.1 cm³/mol. The van der Waals surface area contributed by atoms with Gasteiger partial charge in [0.2, 0.25) is 5.91 Å². The van der Waals surface area contributed by atoms with Crippen molar-refractivity contribution in [2.45, 2.75) is 24.3 Å². The SMILES string of the molecule is CCNC(=O)C(C)Sc1nc(N)c2cnn(-c3ccccc3)c2n1. The lowest BCUT2D eigenvalue weighted by Crippen LogP contribution is -2.30. The normalized spacial score (nSPS) is 12.2. The van der Waals surface area contributed by atoms with Gasteiger partial charge in [-0.25, -0.2) is 14.6 Å². The molecule has 0 aliphatic heterocycles. The van der Waals surface area contributed by atoms with Gasteiger partial charge in [0.1, 0.15) is 5.82 Å². The average Bonchev–Trinajstić information content (AvgIpc) is 3.00. The molecule has 0 bridgehead atoms. The van der Waals surface area contributed by atoms with Crippen molar-refractivity contribution in [3.05, 3.63) is 36.5 Å². The van der Waals surface area contributed by atoms with Crippen molar-refractivity contribution in [2.24, 2.45) is 0 Å². The Hall–Kier alpha value is -2.61. The number of fused-ring (bicyclic) bond motifs is 1. The molecule has 1 atom stereocenters. The first-order valence-electron chi connectivity index (χ1n) is 7.61. The van der Waals surface area contributed by atoms with E-state index in [1.54, 1.807) is 10.9 Å². The van der Waals surface area contributed by atoms with Crippen LogP contribution < -0.4 is 11.1 Å². The molecule has 0 aliphatic rings. The van der Waals surface area contributed by atoms with Gasteiger partial charge < -0.3 is 11.1 Å². The summed E-state index contributed by atoms with van der Waals surface area (Å²) in [5, 5.41) is 7.98. The Morgan fingerprint density at radius 3 is 2.79 bits per heavy atom. The van der Waals surface area contributed by atoms with Crippen molar-refractivity contribution in [3.63, 3.8) is 0 Å². The third-order valence-electron chi connectivity index (χ3n) is 3.44. The first-order chi connectivity index (χ1) is 11.6. The van der Waals surface area contributed by atoms with E-state index < -0.39 is 0 Å². The summed E-state index contributed by atoms with van der Waals surface area (Å²) in [4.78, 5) is 20.7. The fraction of sp³-hybridized carbons (Fsp3) is 0.250. The Kier molecular flexibility index (Phi) is 4.66. The van der Waals surface area contributed by atoms with Crippen LogP contribution in [0.4, 0.5) is 5.82 Å². The topological polar surface area (TPSA) is 98.7 Å². The van der Waals surface area contributed by atoms with Crippen molar-refractivity contribution in [1.29, 1.82) is 0 Å². The van der Waals surface area contributed by atoms with E-state index in [0.29, 0.717) is 28.6 Å². The van der Waals surface area contributed by atoms with Crippen LogP contribution in [-0.4, -0.2) is 37.5 Å². The molecule has 3 rings (SSSR count). The summed E-state index contributed by atoms with van der Waals surface area (Å²) in [5.41, 5.74) is 7.55. The second-order valence-electron chi connectivity index (χ2n) is 5.18. The molecule has 1 amide bonds. The standard InChI is InChI=1S/C16H18N6OS/c1-3-18-15(23)10(2)24-16-20-13(17)12-9-19-22(14(12)21-16)11-7-5-4-6-8-11/h4-10H,3H2,1-2H3,(H,18,23)(H2,17,20,21). The number of nitrogens with two attached hydrogens (primary N) is 1. The van der Waals surface area contributed by atoms with Gasteiger partial charge in [-0.1, -0.05) is 30.0 Å². The maximum atomic E-state index is 11.9. The van der Waals surface area contributed by atoms with Crippen molar-refractivity contribution in [3.8, 4) is 5.69 Å². The Labute approximate surface area is 143 Å². The molecule has 0 aliphatic carbocycles. The van der Waals surface area contributed by atoms with Crippen LogP contribution in [0.25, 0.3) is 16.7 Å². The Morgan fingerprint density at radius 2 is 2.08 bits per heavy atom. The van der Waals surface area contributed by atoms with Gasteiger partial charge in [0.25, 0.3) is 0 Å². The molecule has 2 aromatic heterocycles. The van der Waals surface area contributed by atoms with E-state index in [-0.39, 0.29) is 11.2 Å². The largest absolute Gasteiger partial charge is 0.383 e. The summed E-state index contributed by atoms with van der Waals surface area (Å²) >= 11 is 1.27. The number of anilines is 1. The number of rotatable bonds is 5. The van der Waals surface area contributed by atoms with E-state index >= 15 is 0 Å². The minimum Gasteiger partial charge on any atom is -0.383 e. The number of benzene rings is 1. The second-order valence-corrected chi connectivity index (χ2v) is 6.48. The number of nitrogens with one attached hydrogen (secondary N) is 1. The predicted octanol–water partition coefficient (Wildman–Crippen LogP) is 2.01. The highest BCUT2D eigenvalue weighted by molar-refractivity contribution is 8.00. The number of para-hydroxylation sites is 1. The van der Waals surface area contributed by atoms with Crippen LogP contribution in [0, 0.1) is 0 Å². The van der Waals surface area contributed by atoms with E-state index in [0.717, 1.165) is 5.69 Å². The van der Waals surface area contributed by atoms with Gasteiger partial charge in [-0.2, -0.15) is 5.10 Å². The Bertz CT molecular complexity index is 864. The number of nitrogen functional groups attached to an aromatic ring is 1. The molecule has 7 nitrogen and oxygen atoms in total. The number of hydrogen-bond donors (Lipinski definition) is 2. The maximum absolute atomic E-state index is 11.9. The third-order valence-corrected chi connectivity index (χ3v) is 4.40. The first-order valence-corrected chi connectivity index (χ1v) is 8.49. The number of aromatic nitrogens is 4. The minimum atomic E-state index is -0.310. The summed E-state index contributed by atoms with van der Waals surface area (Å²) in [6.45, 7) is 4.29. The molecule has 3 aromatic rings. The maximum Gasteiger partial charge on any atom is 0.233 e. The second kappa shape index (κ2) is 6.88. The zero-order valence-electron chi connectivity index (χ0n) is 13.4. The molecule has 8 heteroatoms. The van der Waals surface area contributed by atoms with Crippen LogP contribution in [0.5, 0.6) is 0 Å². The van der Waals surface area contributed by atoms with Gasteiger partial charge in [-0.05, 0) is 26.0 Å². The molecule has 0 spiro atoms. The lowest BCUT2D eigenvalue weighted by atomic mass is 10.3. The number of carbonyl (C=O) groups is 1. The summed E-state index contributed by atoms with van der Waals surface area (Å²) in [6.07, 6.45) is 1.65. The molecule has 0 saturated heterocycles. The van der Waals surface area contributed by atoms with Crippen LogP contribution in [0.15, 0.2) is 41.7 Å². The van der Waals surface area contributed by atoms with E-state index in [9.17, 15) is 4.79 Å². The number of carbonyl (C=O) groups excluding carboxylic acids is 1. The molecule has 2 heterocycles. The Balaban J connectivity index is 1.98. The minimum absolute atomic E-state index is 0.0543.